The highest BCUT2D eigenvalue weighted by atomic mass is 35.5. The van der Waals surface area contributed by atoms with Crippen molar-refractivity contribution in [2.45, 2.75) is 50.6 Å². The Morgan fingerprint density at radius 3 is 2.87 bits per heavy atom. The number of piperidine rings is 1. The van der Waals surface area contributed by atoms with E-state index in [9.17, 15) is 4.79 Å². The fourth-order valence-corrected chi connectivity index (χ4v) is 4.86. The van der Waals surface area contributed by atoms with Gasteiger partial charge in [0.2, 0.25) is 0 Å². The number of carbonyl (C=O) groups is 1. The minimum atomic E-state index is -0.0993. The van der Waals surface area contributed by atoms with Gasteiger partial charge in [0.1, 0.15) is 0 Å². The Bertz CT molecular complexity index is 783. The molecular weight excluding hydrogens is 414 g/mol. The van der Waals surface area contributed by atoms with Gasteiger partial charge in [0.05, 0.1) is 18.4 Å². The van der Waals surface area contributed by atoms with Crippen LogP contribution in [0.5, 0.6) is 0 Å². The number of rotatable bonds is 7. The van der Waals surface area contributed by atoms with Crippen molar-refractivity contribution in [3.8, 4) is 0 Å². The summed E-state index contributed by atoms with van der Waals surface area (Å²) in [5.41, 5.74) is 8.26. The van der Waals surface area contributed by atoms with Crippen LogP contribution in [0.2, 0.25) is 0 Å². The lowest BCUT2D eigenvalue weighted by Gasteiger charge is -2.28. The van der Waals surface area contributed by atoms with Gasteiger partial charge in [0, 0.05) is 28.9 Å². The molecule has 31 heavy (non-hydrogen) atoms. The van der Waals surface area contributed by atoms with E-state index in [-0.39, 0.29) is 24.2 Å². The zero-order valence-corrected chi connectivity index (χ0v) is 18.8. The molecule has 3 heterocycles. The molecule has 1 aromatic carbocycles. The third kappa shape index (κ3) is 5.97. The van der Waals surface area contributed by atoms with Crippen LogP contribution in [0.1, 0.15) is 36.5 Å². The van der Waals surface area contributed by atoms with Crippen LogP contribution in [-0.4, -0.2) is 56.5 Å². The predicted octanol–water partition coefficient (Wildman–Crippen LogP) is 1.05. The monoisotopic (exact) mass is 447 g/mol. The summed E-state index contributed by atoms with van der Waals surface area (Å²) in [7, 11) is 0. The summed E-state index contributed by atoms with van der Waals surface area (Å²) in [6.45, 7) is 5.72. The van der Waals surface area contributed by atoms with Crippen LogP contribution in [0, 0.1) is 5.92 Å². The van der Waals surface area contributed by atoms with E-state index >= 15 is 0 Å². The van der Waals surface area contributed by atoms with E-state index < -0.39 is 0 Å². The minimum Gasteiger partial charge on any atom is -0.382 e. The number of carbonyl (C=O) groups excluding carboxylic acids is 1. The Hall–Kier alpha value is -1.68. The predicted molar refractivity (Wildman–Crippen MR) is 125 cm³/mol. The number of anilines is 1. The van der Waals surface area contributed by atoms with Gasteiger partial charge in [-0.3, -0.25) is 10.1 Å². The summed E-state index contributed by atoms with van der Waals surface area (Å²) in [5, 5.41) is 17.7. The zero-order valence-electron chi connectivity index (χ0n) is 18.0. The third-order valence-corrected chi connectivity index (χ3v) is 6.68. The third-order valence-electron chi connectivity index (χ3n) is 6.29. The van der Waals surface area contributed by atoms with Crippen molar-refractivity contribution < 1.29 is 4.79 Å². The SMILES string of the molecule is C[C@H](NC(=O)c1cccc(NCC2NNC(C3CCNCC3)N2)c1)C1NCCC=C1Cl. The molecule has 0 spiro atoms. The van der Waals surface area contributed by atoms with Crippen molar-refractivity contribution in [3.63, 3.8) is 0 Å². The Labute approximate surface area is 189 Å². The average molecular weight is 448 g/mol. The molecule has 0 radical (unpaired) electrons. The lowest BCUT2D eigenvalue weighted by molar-refractivity contribution is 0.0934. The molecule has 1 aromatic rings. The molecule has 8 nitrogen and oxygen atoms in total. The number of benzene rings is 1. The van der Waals surface area contributed by atoms with Crippen LogP contribution in [0.3, 0.4) is 0 Å². The molecule has 0 aromatic heterocycles. The van der Waals surface area contributed by atoms with E-state index in [1.807, 2.05) is 37.3 Å². The van der Waals surface area contributed by atoms with E-state index in [0.29, 0.717) is 24.2 Å². The number of halogens is 1. The number of hydrogen-bond donors (Lipinski definition) is 7. The van der Waals surface area contributed by atoms with Gasteiger partial charge >= 0.3 is 0 Å². The molecule has 3 aliphatic rings. The van der Waals surface area contributed by atoms with Crippen molar-refractivity contribution >= 4 is 23.2 Å². The zero-order chi connectivity index (χ0) is 21.6. The normalized spacial score (nSPS) is 28.1. The van der Waals surface area contributed by atoms with Crippen molar-refractivity contribution in [1.29, 1.82) is 0 Å². The second-order valence-electron chi connectivity index (χ2n) is 8.61. The summed E-state index contributed by atoms with van der Waals surface area (Å²) >= 11 is 6.31. The molecule has 3 aliphatic heterocycles. The highest BCUT2D eigenvalue weighted by Crippen LogP contribution is 2.18. The highest BCUT2D eigenvalue weighted by molar-refractivity contribution is 6.30. The first kappa shape index (κ1) is 22.5. The topological polar surface area (TPSA) is 101 Å². The van der Waals surface area contributed by atoms with Gasteiger partial charge in [-0.2, -0.15) is 0 Å². The van der Waals surface area contributed by atoms with Gasteiger partial charge in [0.25, 0.3) is 5.91 Å². The van der Waals surface area contributed by atoms with Crippen molar-refractivity contribution in [2.75, 3.05) is 31.5 Å². The van der Waals surface area contributed by atoms with Gasteiger partial charge in [-0.1, -0.05) is 23.7 Å². The average Bonchev–Trinajstić information content (AvgIpc) is 3.28. The lowest BCUT2D eigenvalue weighted by atomic mass is 9.95. The molecule has 0 saturated carbocycles. The number of hydrogen-bond acceptors (Lipinski definition) is 7. The summed E-state index contributed by atoms with van der Waals surface area (Å²) in [6, 6.07) is 7.47. The van der Waals surface area contributed by atoms with Crippen LogP contribution in [0.4, 0.5) is 5.69 Å². The smallest absolute Gasteiger partial charge is 0.251 e. The molecule has 7 N–H and O–H groups in total. The molecule has 2 fully saturated rings. The van der Waals surface area contributed by atoms with E-state index in [1.165, 1.54) is 12.8 Å². The number of nitrogens with one attached hydrogen (secondary N) is 7. The molecule has 3 unspecified atom stereocenters. The van der Waals surface area contributed by atoms with Gasteiger partial charge in [-0.05, 0) is 69.9 Å². The molecular formula is C22H34ClN7O. The summed E-state index contributed by atoms with van der Waals surface area (Å²) in [6.07, 6.45) is 5.72. The maximum absolute atomic E-state index is 12.8. The fraction of sp³-hybridized carbons (Fsp3) is 0.591. The van der Waals surface area contributed by atoms with Crippen LogP contribution < -0.4 is 37.4 Å². The maximum atomic E-state index is 12.8. The van der Waals surface area contributed by atoms with Crippen LogP contribution >= 0.6 is 11.6 Å². The fourth-order valence-electron chi connectivity index (χ4n) is 4.48. The van der Waals surface area contributed by atoms with Crippen molar-refractivity contribution in [2.24, 2.45) is 5.92 Å². The lowest BCUT2D eigenvalue weighted by Crippen LogP contribution is -2.50. The highest BCUT2D eigenvalue weighted by Gasteiger charge is 2.30. The van der Waals surface area contributed by atoms with E-state index in [4.69, 9.17) is 11.6 Å². The van der Waals surface area contributed by atoms with E-state index in [0.717, 1.165) is 36.8 Å². The molecule has 2 saturated heterocycles. The summed E-state index contributed by atoms with van der Waals surface area (Å²) < 4.78 is 0. The second kappa shape index (κ2) is 10.8. The van der Waals surface area contributed by atoms with Gasteiger partial charge in [-0.25, -0.2) is 10.9 Å². The maximum Gasteiger partial charge on any atom is 0.251 e. The first-order valence-electron chi connectivity index (χ1n) is 11.3. The Morgan fingerprint density at radius 1 is 1.23 bits per heavy atom. The van der Waals surface area contributed by atoms with Gasteiger partial charge in [0.15, 0.2) is 0 Å². The molecule has 4 atom stereocenters. The molecule has 1 amide bonds. The van der Waals surface area contributed by atoms with Crippen molar-refractivity contribution in [3.05, 3.63) is 40.9 Å². The van der Waals surface area contributed by atoms with E-state index in [2.05, 4.69) is 37.4 Å². The molecule has 0 aliphatic carbocycles. The molecule has 4 rings (SSSR count). The quantitative estimate of drug-likeness (QED) is 0.335. The standard InChI is InChI=1S/C22H34ClN7O/c1-14(20-18(23)6-3-9-25-20)27-22(31)16-4-2-5-17(12-16)26-13-19-28-21(30-29-19)15-7-10-24-11-8-15/h2,4-6,12,14-15,19-21,24-26,28-30H,3,7-11,13H2,1H3,(H,27,31)/t14-,19?,20?,21?/m0/s1. The van der Waals surface area contributed by atoms with Crippen LogP contribution in [-0.2, 0) is 0 Å². The molecule has 170 valence electrons. The largest absolute Gasteiger partial charge is 0.382 e. The van der Waals surface area contributed by atoms with E-state index in [1.54, 1.807) is 0 Å². The summed E-state index contributed by atoms with van der Waals surface area (Å²) in [4.78, 5) is 12.8. The molecule has 0 bridgehead atoms. The summed E-state index contributed by atoms with van der Waals surface area (Å²) in [5.74, 6) is 0.535. The van der Waals surface area contributed by atoms with Crippen LogP contribution in [0.25, 0.3) is 0 Å². The number of amides is 1. The first-order chi connectivity index (χ1) is 15.1. The Morgan fingerprint density at radius 2 is 2.06 bits per heavy atom. The Balaban J connectivity index is 1.26. The van der Waals surface area contributed by atoms with Crippen LogP contribution in [0.15, 0.2) is 35.4 Å². The minimum absolute atomic E-state index is 0.0411. The molecule has 9 heteroatoms. The van der Waals surface area contributed by atoms with Gasteiger partial charge < -0.3 is 21.3 Å². The Kier molecular flexibility index (Phi) is 7.81. The van der Waals surface area contributed by atoms with Gasteiger partial charge in [-0.15, -0.1) is 0 Å². The number of hydrazine groups is 1. The first-order valence-corrected chi connectivity index (χ1v) is 11.7. The van der Waals surface area contributed by atoms with Crippen molar-refractivity contribution in [1.82, 2.24) is 32.1 Å². The second-order valence-corrected chi connectivity index (χ2v) is 9.04.